The normalized spacial score (nSPS) is 15.2. The SMILES string of the molecule is CC(C)(C)[CH2][Sn]([Cl])([CH2]C(C)(C)C)[CH2]C(C)(C)C. The van der Waals surface area contributed by atoms with Crippen LogP contribution in [0, 0.1) is 16.2 Å². The van der Waals surface area contributed by atoms with Crippen molar-refractivity contribution in [1.82, 2.24) is 0 Å². The van der Waals surface area contributed by atoms with Crippen LogP contribution in [0.25, 0.3) is 0 Å². The molecule has 0 spiro atoms. The van der Waals surface area contributed by atoms with E-state index in [0.29, 0.717) is 16.2 Å². The van der Waals surface area contributed by atoms with Crippen molar-refractivity contribution in [2.75, 3.05) is 0 Å². The summed E-state index contributed by atoms with van der Waals surface area (Å²) < 4.78 is 3.87. The van der Waals surface area contributed by atoms with Gasteiger partial charge in [-0.05, 0) is 0 Å². The molecule has 0 N–H and O–H groups in total. The van der Waals surface area contributed by atoms with Crippen molar-refractivity contribution in [3.8, 4) is 0 Å². The Morgan fingerprint density at radius 1 is 0.588 bits per heavy atom. The minimum absolute atomic E-state index is 0.383. The van der Waals surface area contributed by atoms with Crippen LogP contribution in [0.4, 0.5) is 0 Å². The third-order valence-corrected chi connectivity index (χ3v) is 19.7. The quantitative estimate of drug-likeness (QED) is 0.513. The van der Waals surface area contributed by atoms with Gasteiger partial charge in [-0.3, -0.25) is 0 Å². The second kappa shape index (κ2) is 5.61. The molecule has 104 valence electrons. The average Bonchev–Trinajstić information content (AvgIpc) is 1.65. The molecule has 0 bridgehead atoms. The van der Waals surface area contributed by atoms with Crippen molar-refractivity contribution >= 4 is 26.2 Å². The van der Waals surface area contributed by atoms with Crippen LogP contribution in [0.5, 0.6) is 0 Å². The van der Waals surface area contributed by atoms with Crippen LogP contribution in [-0.4, -0.2) is 17.3 Å². The average molecular weight is 368 g/mol. The fourth-order valence-electron chi connectivity index (χ4n) is 3.04. The van der Waals surface area contributed by atoms with Crippen molar-refractivity contribution in [3.05, 3.63) is 0 Å². The second-order valence-corrected chi connectivity index (χ2v) is 24.3. The molecule has 0 aromatic heterocycles. The first-order chi connectivity index (χ1) is 7.12. The van der Waals surface area contributed by atoms with Gasteiger partial charge in [0.25, 0.3) is 0 Å². The summed E-state index contributed by atoms with van der Waals surface area (Å²) in [5.41, 5.74) is 1.15. The fourth-order valence-corrected chi connectivity index (χ4v) is 28.5. The maximum absolute atomic E-state index is 7.20. The maximum atomic E-state index is 7.20. The van der Waals surface area contributed by atoms with Gasteiger partial charge in [0.05, 0.1) is 0 Å². The zero-order chi connectivity index (χ0) is 14.1. The molecule has 17 heavy (non-hydrogen) atoms. The number of halogens is 1. The van der Waals surface area contributed by atoms with Gasteiger partial charge in [-0.25, -0.2) is 0 Å². The van der Waals surface area contributed by atoms with Crippen LogP contribution in [0.2, 0.25) is 13.3 Å². The molecule has 0 fully saturated rings. The second-order valence-electron chi connectivity index (χ2n) is 9.36. The molecule has 0 radical (unpaired) electrons. The van der Waals surface area contributed by atoms with E-state index in [0.717, 1.165) is 0 Å². The Balaban J connectivity index is 4.95. The molecule has 0 nitrogen and oxygen atoms in total. The Hall–Kier alpha value is 1.09. The van der Waals surface area contributed by atoms with Crippen LogP contribution in [0.1, 0.15) is 62.3 Å². The third kappa shape index (κ3) is 10.7. The molecule has 0 aromatic carbocycles. The molecule has 2 heteroatoms. The van der Waals surface area contributed by atoms with E-state index in [-0.39, 0.29) is 0 Å². The van der Waals surface area contributed by atoms with E-state index in [1.165, 1.54) is 13.3 Å². The summed E-state index contributed by atoms with van der Waals surface area (Å²) >= 11 is -2.51. The van der Waals surface area contributed by atoms with Crippen molar-refractivity contribution < 1.29 is 0 Å². The van der Waals surface area contributed by atoms with E-state index in [4.69, 9.17) is 8.92 Å². The fraction of sp³-hybridized carbons (Fsp3) is 1.00. The predicted octanol–water partition coefficient (Wildman–Crippen LogP) is 6.31. The van der Waals surface area contributed by atoms with Crippen molar-refractivity contribution in [3.63, 3.8) is 0 Å². The van der Waals surface area contributed by atoms with Gasteiger partial charge in [0, 0.05) is 0 Å². The summed E-state index contributed by atoms with van der Waals surface area (Å²) in [6, 6.07) is 0. The Morgan fingerprint density at radius 3 is 0.882 bits per heavy atom. The molecule has 0 aliphatic heterocycles. The predicted molar refractivity (Wildman–Crippen MR) is 84.4 cm³/mol. The van der Waals surface area contributed by atoms with Gasteiger partial charge in [-0.2, -0.15) is 0 Å². The Morgan fingerprint density at radius 2 is 0.765 bits per heavy atom. The van der Waals surface area contributed by atoms with Gasteiger partial charge in [0.15, 0.2) is 0 Å². The molecular weight excluding hydrogens is 334 g/mol. The van der Waals surface area contributed by atoms with Gasteiger partial charge < -0.3 is 0 Å². The van der Waals surface area contributed by atoms with E-state index in [2.05, 4.69) is 62.3 Å². The van der Waals surface area contributed by atoms with Crippen LogP contribution in [0.3, 0.4) is 0 Å². The zero-order valence-corrected chi connectivity index (χ0v) is 17.1. The first-order valence-electron chi connectivity index (χ1n) is 6.81. The van der Waals surface area contributed by atoms with Gasteiger partial charge in [-0.1, -0.05) is 0 Å². The Bertz CT molecular complexity index is 196. The van der Waals surface area contributed by atoms with Gasteiger partial charge in [-0.15, -0.1) is 0 Å². The number of hydrogen-bond donors (Lipinski definition) is 0. The first kappa shape index (κ1) is 18.1. The summed E-state index contributed by atoms with van der Waals surface area (Å²) in [6.45, 7) is 21.1. The van der Waals surface area contributed by atoms with Gasteiger partial charge >= 0.3 is 118 Å². The molecule has 0 rings (SSSR count). The van der Waals surface area contributed by atoms with Crippen LogP contribution in [0.15, 0.2) is 0 Å². The topological polar surface area (TPSA) is 0 Å². The van der Waals surface area contributed by atoms with E-state index >= 15 is 0 Å². The first-order valence-corrected chi connectivity index (χ1v) is 16.5. The standard InChI is InChI=1S/3C5H11.ClH.Sn/c3*1-5(2,3)4;;/h3*1H2,2-4H3;1H;/q;;;;+1/p-1. The summed E-state index contributed by atoms with van der Waals surface area (Å²) in [4.78, 5) is 0. The summed E-state index contributed by atoms with van der Waals surface area (Å²) in [6.07, 6.45) is 0. The van der Waals surface area contributed by atoms with Crippen molar-refractivity contribution in [2.24, 2.45) is 16.2 Å². The van der Waals surface area contributed by atoms with E-state index in [1.54, 1.807) is 0 Å². The van der Waals surface area contributed by atoms with E-state index in [9.17, 15) is 0 Å². The van der Waals surface area contributed by atoms with Gasteiger partial charge in [0.2, 0.25) is 0 Å². The minimum atomic E-state index is -2.51. The van der Waals surface area contributed by atoms with Crippen LogP contribution in [-0.2, 0) is 0 Å². The monoisotopic (exact) mass is 368 g/mol. The van der Waals surface area contributed by atoms with Crippen molar-refractivity contribution in [1.29, 1.82) is 0 Å². The molecule has 0 amide bonds. The molecule has 0 unspecified atom stereocenters. The van der Waals surface area contributed by atoms with Crippen molar-refractivity contribution in [2.45, 2.75) is 75.6 Å². The number of hydrogen-bond acceptors (Lipinski definition) is 0. The Labute approximate surface area is 117 Å². The summed E-state index contributed by atoms with van der Waals surface area (Å²) in [5, 5.41) is 0. The molecule has 0 aromatic rings. The summed E-state index contributed by atoms with van der Waals surface area (Å²) in [7, 11) is 7.20. The van der Waals surface area contributed by atoms with Crippen LogP contribution < -0.4 is 0 Å². The molecule has 0 aliphatic carbocycles. The molecule has 0 saturated carbocycles. The molecule has 0 aliphatic rings. The molecular formula is C15H33ClSn. The van der Waals surface area contributed by atoms with E-state index < -0.39 is 17.3 Å². The third-order valence-electron chi connectivity index (χ3n) is 2.54. The Kier molecular flexibility index (Phi) is 5.97. The molecule has 0 atom stereocenters. The molecule has 0 heterocycles. The zero-order valence-electron chi connectivity index (χ0n) is 13.5. The van der Waals surface area contributed by atoms with Gasteiger partial charge in [0.1, 0.15) is 0 Å². The van der Waals surface area contributed by atoms with Crippen LogP contribution >= 0.6 is 8.92 Å². The number of rotatable bonds is 3. The summed E-state index contributed by atoms with van der Waals surface area (Å²) in [5.74, 6) is 0. The molecule has 0 saturated heterocycles. The van der Waals surface area contributed by atoms with E-state index in [1.807, 2.05) is 0 Å².